The van der Waals surface area contributed by atoms with Crippen LogP contribution < -0.4 is 10.1 Å². The molecule has 2 aromatic rings. The molecule has 1 aromatic carbocycles. The molecule has 0 unspecified atom stereocenters. The Morgan fingerprint density at radius 1 is 1.19 bits per heavy atom. The van der Waals surface area contributed by atoms with E-state index in [2.05, 4.69) is 15.5 Å². The molecule has 11 heteroatoms. The SMILES string of the molecule is O=C(CCCCCN1C(=O)/C(=C/c2ccccc2OC2CCCCC2)SC1=S)Nc1nnc(CCl)s1. The van der Waals surface area contributed by atoms with Crippen molar-refractivity contribution in [1.82, 2.24) is 15.1 Å². The maximum Gasteiger partial charge on any atom is 0.266 e. The van der Waals surface area contributed by atoms with Crippen LogP contribution in [0.3, 0.4) is 0 Å². The predicted molar refractivity (Wildman–Crippen MR) is 150 cm³/mol. The van der Waals surface area contributed by atoms with E-state index in [4.69, 9.17) is 28.6 Å². The van der Waals surface area contributed by atoms with Crippen LogP contribution in [-0.2, 0) is 15.5 Å². The number of benzene rings is 1. The lowest BCUT2D eigenvalue weighted by Crippen LogP contribution is -2.29. The summed E-state index contributed by atoms with van der Waals surface area (Å²) in [5, 5.41) is 11.6. The summed E-state index contributed by atoms with van der Waals surface area (Å²) in [6.45, 7) is 0.541. The second-order valence-electron chi connectivity index (χ2n) is 8.74. The molecular formula is C25H29ClN4O3S3. The van der Waals surface area contributed by atoms with Crippen LogP contribution in [0.25, 0.3) is 6.08 Å². The number of alkyl halides is 1. The number of thioether (sulfide) groups is 1. The number of para-hydroxylation sites is 1. The minimum absolute atomic E-state index is 0.0680. The third kappa shape index (κ3) is 7.50. The second kappa shape index (κ2) is 13.5. The Hall–Kier alpha value is -2.01. The number of amides is 2. The van der Waals surface area contributed by atoms with Gasteiger partial charge < -0.3 is 10.1 Å². The lowest BCUT2D eigenvalue weighted by atomic mass is 9.97. The van der Waals surface area contributed by atoms with Crippen LogP contribution in [0.5, 0.6) is 5.75 Å². The summed E-state index contributed by atoms with van der Waals surface area (Å²) in [7, 11) is 0. The van der Waals surface area contributed by atoms with Gasteiger partial charge in [-0.1, -0.05) is 66.4 Å². The van der Waals surface area contributed by atoms with Crippen LogP contribution in [0.2, 0.25) is 0 Å². The van der Waals surface area contributed by atoms with Crippen molar-refractivity contribution in [2.75, 3.05) is 11.9 Å². The van der Waals surface area contributed by atoms with Gasteiger partial charge in [0, 0.05) is 18.5 Å². The van der Waals surface area contributed by atoms with E-state index in [1.54, 1.807) is 4.90 Å². The Balaban J connectivity index is 1.24. The van der Waals surface area contributed by atoms with E-state index in [0.29, 0.717) is 38.8 Å². The van der Waals surface area contributed by atoms with Crippen molar-refractivity contribution in [3.8, 4) is 5.75 Å². The fraction of sp³-hybridized carbons (Fsp3) is 0.480. The van der Waals surface area contributed by atoms with E-state index < -0.39 is 0 Å². The predicted octanol–water partition coefficient (Wildman–Crippen LogP) is 6.39. The van der Waals surface area contributed by atoms with Gasteiger partial charge in [-0.3, -0.25) is 14.5 Å². The highest BCUT2D eigenvalue weighted by Gasteiger charge is 2.31. The van der Waals surface area contributed by atoms with Crippen LogP contribution in [0, 0.1) is 0 Å². The van der Waals surface area contributed by atoms with Gasteiger partial charge in [-0.15, -0.1) is 21.8 Å². The largest absolute Gasteiger partial charge is 0.490 e. The van der Waals surface area contributed by atoms with E-state index in [1.165, 1.54) is 42.4 Å². The van der Waals surface area contributed by atoms with Crippen molar-refractivity contribution >= 4 is 74.3 Å². The molecule has 2 fully saturated rings. The summed E-state index contributed by atoms with van der Waals surface area (Å²) >= 11 is 13.8. The number of hydrogen-bond acceptors (Lipinski definition) is 8. The topological polar surface area (TPSA) is 84.4 Å². The molecule has 0 spiro atoms. The molecule has 2 heterocycles. The van der Waals surface area contributed by atoms with Crippen LogP contribution in [0.15, 0.2) is 29.2 Å². The lowest BCUT2D eigenvalue weighted by Gasteiger charge is -2.23. The van der Waals surface area contributed by atoms with Crippen molar-refractivity contribution in [2.24, 2.45) is 0 Å². The number of rotatable bonds is 11. The third-order valence-electron chi connectivity index (χ3n) is 6.04. The van der Waals surface area contributed by atoms with E-state index in [9.17, 15) is 9.59 Å². The van der Waals surface area contributed by atoms with Gasteiger partial charge in [-0.25, -0.2) is 0 Å². The zero-order valence-electron chi connectivity index (χ0n) is 19.9. The quantitative estimate of drug-likeness (QED) is 0.146. The molecule has 1 saturated carbocycles. The van der Waals surface area contributed by atoms with Gasteiger partial charge in [0.1, 0.15) is 15.1 Å². The Bertz CT molecular complexity index is 1120. The number of carbonyl (C=O) groups is 2. The van der Waals surface area contributed by atoms with Crippen LogP contribution >= 0.6 is 46.9 Å². The average molecular weight is 565 g/mol. The van der Waals surface area contributed by atoms with Crippen LogP contribution in [0.4, 0.5) is 5.13 Å². The summed E-state index contributed by atoms with van der Waals surface area (Å²) < 4.78 is 6.85. The molecule has 0 radical (unpaired) electrons. The summed E-state index contributed by atoms with van der Waals surface area (Å²) in [5.41, 5.74) is 0.906. The van der Waals surface area contributed by atoms with Gasteiger partial charge in [0.15, 0.2) is 0 Å². The first-order valence-corrected chi connectivity index (χ1v) is 14.8. The molecule has 1 saturated heterocycles. The molecule has 1 aliphatic heterocycles. The van der Waals surface area contributed by atoms with Gasteiger partial charge >= 0.3 is 0 Å². The molecule has 4 rings (SSSR count). The van der Waals surface area contributed by atoms with Gasteiger partial charge in [0.25, 0.3) is 5.91 Å². The lowest BCUT2D eigenvalue weighted by molar-refractivity contribution is -0.122. The monoisotopic (exact) mass is 564 g/mol. The highest BCUT2D eigenvalue weighted by Crippen LogP contribution is 2.35. The zero-order valence-corrected chi connectivity index (χ0v) is 23.1. The Morgan fingerprint density at radius 2 is 2.00 bits per heavy atom. The number of nitrogens with zero attached hydrogens (tertiary/aromatic N) is 3. The van der Waals surface area contributed by atoms with Gasteiger partial charge in [0.2, 0.25) is 11.0 Å². The average Bonchev–Trinajstić information content (AvgIpc) is 3.44. The Morgan fingerprint density at radius 3 is 2.78 bits per heavy atom. The number of anilines is 1. The van der Waals surface area contributed by atoms with Crippen molar-refractivity contribution in [3.63, 3.8) is 0 Å². The first-order chi connectivity index (χ1) is 17.5. The standard InChI is InChI=1S/C25H29ClN4O3S3/c26-16-22-28-29-24(36-22)27-21(31)13-5-2-8-14-30-23(32)20(35-25(30)34)15-17-9-6-7-12-19(17)33-18-10-3-1-4-11-18/h6-7,9,12,15,18H,1-5,8,10-11,13-14,16H2,(H,27,29,31)/b20-15-. The minimum atomic E-state index is -0.102. The van der Waals surface area contributed by atoms with Gasteiger partial charge in [-0.05, 0) is 50.7 Å². The van der Waals surface area contributed by atoms with Crippen LogP contribution in [0.1, 0.15) is 68.4 Å². The molecule has 0 bridgehead atoms. The number of halogens is 1. The molecule has 0 atom stereocenters. The molecule has 1 aliphatic carbocycles. The van der Waals surface area contributed by atoms with Crippen molar-refractivity contribution < 1.29 is 14.3 Å². The van der Waals surface area contributed by atoms with E-state index >= 15 is 0 Å². The fourth-order valence-electron chi connectivity index (χ4n) is 4.18. The maximum absolute atomic E-state index is 13.0. The smallest absolute Gasteiger partial charge is 0.266 e. The number of ether oxygens (including phenoxy) is 1. The Labute approximate surface area is 230 Å². The second-order valence-corrected chi connectivity index (χ2v) is 11.7. The molecule has 36 heavy (non-hydrogen) atoms. The molecule has 1 aromatic heterocycles. The van der Waals surface area contributed by atoms with Gasteiger partial charge in [-0.2, -0.15) is 0 Å². The molecule has 1 N–H and O–H groups in total. The van der Waals surface area contributed by atoms with E-state index in [1.807, 2.05) is 30.3 Å². The summed E-state index contributed by atoms with van der Waals surface area (Å²) in [5.74, 6) is 0.928. The highest BCUT2D eigenvalue weighted by molar-refractivity contribution is 8.26. The van der Waals surface area contributed by atoms with Crippen LogP contribution in [-0.4, -0.2) is 43.9 Å². The van der Waals surface area contributed by atoms with Crippen molar-refractivity contribution in [3.05, 3.63) is 39.7 Å². The summed E-state index contributed by atoms with van der Waals surface area (Å²) in [4.78, 5) is 27.4. The third-order valence-corrected chi connectivity index (χ3v) is 8.67. The molecule has 2 amide bonds. The highest BCUT2D eigenvalue weighted by atomic mass is 35.5. The number of aromatic nitrogens is 2. The molecular weight excluding hydrogens is 536 g/mol. The molecule has 2 aliphatic rings. The number of carbonyl (C=O) groups excluding carboxylic acids is 2. The Kier molecular flexibility index (Phi) is 10.1. The fourth-order valence-corrected chi connectivity index (χ4v) is 6.30. The molecule has 192 valence electrons. The number of thiocarbonyl (C=S) groups is 1. The van der Waals surface area contributed by atoms with Crippen molar-refractivity contribution in [1.29, 1.82) is 0 Å². The maximum atomic E-state index is 13.0. The van der Waals surface area contributed by atoms with E-state index in [-0.39, 0.29) is 23.8 Å². The zero-order chi connectivity index (χ0) is 25.3. The number of nitrogens with one attached hydrogen (secondary N) is 1. The molecule has 7 nitrogen and oxygen atoms in total. The van der Waals surface area contributed by atoms with E-state index in [0.717, 1.165) is 37.0 Å². The minimum Gasteiger partial charge on any atom is -0.490 e. The van der Waals surface area contributed by atoms with Gasteiger partial charge in [0.05, 0.1) is 16.9 Å². The first-order valence-electron chi connectivity index (χ1n) is 12.2. The normalized spacial score (nSPS) is 17.7. The number of hydrogen-bond donors (Lipinski definition) is 1. The first kappa shape index (κ1) is 27.0. The number of unbranched alkanes of at least 4 members (excludes halogenated alkanes) is 2. The summed E-state index contributed by atoms with van der Waals surface area (Å²) in [6.07, 6.45) is 10.6. The summed E-state index contributed by atoms with van der Waals surface area (Å²) in [6, 6.07) is 7.87. The van der Waals surface area contributed by atoms with Crippen molar-refractivity contribution in [2.45, 2.75) is 69.8 Å².